The van der Waals surface area contributed by atoms with Gasteiger partial charge in [0, 0.05) is 12.5 Å². The van der Waals surface area contributed by atoms with Crippen LogP contribution in [-0.4, -0.2) is 41.2 Å². The number of benzene rings is 2. The van der Waals surface area contributed by atoms with Gasteiger partial charge in [0.05, 0.1) is 17.3 Å². The molecule has 3 N–H and O–H groups in total. The molecule has 8 nitrogen and oxygen atoms in total. The first-order chi connectivity index (χ1) is 17.0. The molecule has 8 heteroatoms. The van der Waals surface area contributed by atoms with Crippen molar-refractivity contribution in [1.82, 2.24) is 10.3 Å². The van der Waals surface area contributed by atoms with E-state index in [9.17, 15) is 19.5 Å². The number of fused-ring (bicyclic) bond motifs is 3. The van der Waals surface area contributed by atoms with Gasteiger partial charge in [0.1, 0.15) is 12.3 Å². The maximum Gasteiger partial charge on any atom is 0.411 e. The van der Waals surface area contributed by atoms with Crippen LogP contribution in [0.1, 0.15) is 46.8 Å². The van der Waals surface area contributed by atoms with E-state index in [0.29, 0.717) is 18.5 Å². The lowest BCUT2D eigenvalue weighted by molar-refractivity contribution is -0.153. The molecular formula is C27H25N3O5. The number of aromatic nitrogens is 1. The minimum absolute atomic E-state index is 0.0397. The molecule has 0 saturated heterocycles. The van der Waals surface area contributed by atoms with E-state index in [-0.39, 0.29) is 24.8 Å². The monoisotopic (exact) mass is 471 g/mol. The van der Waals surface area contributed by atoms with Crippen molar-refractivity contribution in [3.8, 4) is 11.1 Å². The number of carboxylic acids is 1. The van der Waals surface area contributed by atoms with Crippen LogP contribution in [0.3, 0.4) is 0 Å². The summed E-state index contributed by atoms with van der Waals surface area (Å²) in [6.45, 7) is 0.266. The number of ether oxygens (including phenoxy) is 1. The van der Waals surface area contributed by atoms with Gasteiger partial charge in [-0.15, -0.1) is 0 Å². The SMILES string of the molecule is O=C(Nc1ccc(C(=O)NCC2(C(=O)O)CCC2)nc1)OCC1c2ccccc2-c2ccccc21. The Morgan fingerprint density at radius 1 is 0.971 bits per heavy atom. The summed E-state index contributed by atoms with van der Waals surface area (Å²) in [7, 11) is 0. The Hall–Kier alpha value is -4.20. The van der Waals surface area contributed by atoms with E-state index in [2.05, 4.69) is 39.9 Å². The lowest BCUT2D eigenvalue weighted by Gasteiger charge is -2.37. The summed E-state index contributed by atoms with van der Waals surface area (Å²) in [6, 6.07) is 19.2. The maximum absolute atomic E-state index is 12.4. The van der Waals surface area contributed by atoms with E-state index in [0.717, 1.165) is 28.7 Å². The van der Waals surface area contributed by atoms with Crippen molar-refractivity contribution in [3.05, 3.63) is 83.7 Å². The molecule has 3 aromatic rings. The molecule has 0 spiro atoms. The van der Waals surface area contributed by atoms with Crippen molar-refractivity contribution in [2.45, 2.75) is 25.2 Å². The molecule has 5 rings (SSSR count). The summed E-state index contributed by atoms with van der Waals surface area (Å²) < 4.78 is 5.53. The number of hydrogen-bond donors (Lipinski definition) is 3. The van der Waals surface area contributed by atoms with Crippen LogP contribution >= 0.6 is 0 Å². The Kier molecular flexibility index (Phi) is 5.94. The molecule has 1 aromatic heterocycles. The van der Waals surface area contributed by atoms with Gasteiger partial charge in [-0.2, -0.15) is 0 Å². The number of anilines is 1. The van der Waals surface area contributed by atoms with Gasteiger partial charge in [0.2, 0.25) is 0 Å². The van der Waals surface area contributed by atoms with Gasteiger partial charge in [0.25, 0.3) is 5.91 Å². The lowest BCUT2D eigenvalue weighted by atomic mass is 9.69. The van der Waals surface area contributed by atoms with Crippen molar-refractivity contribution in [3.63, 3.8) is 0 Å². The number of aliphatic carboxylic acids is 1. The Balaban J connectivity index is 1.16. The molecule has 0 atom stereocenters. The van der Waals surface area contributed by atoms with Gasteiger partial charge in [-0.1, -0.05) is 55.0 Å². The van der Waals surface area contributed by atoms with E-state index in [1.54, 1.807) is 6.07 Å². The van der Waals surface area contributed by atoms with E-state index in [1.807, 2.05) is 24.3 Å². The van der Waals surface area contributed by atoms with Crippen molar-refractivity contribution >= 4 is 23.7 Å². The number of amides is 2. The molecule has 2 aliphatic carbocycles. The number of nitrogens with one attached hydrogen (secondary N) is 2. The molecule has 2 aromatic carbocycles. The highest BCUT2D eigenvalue weighted by atomic mass is 16.5. The standard InChI is InChI=1S/C27H25N3O5/c31-24(29-16-27(25(32)33)12-5-13-27)23-11-10-17(14-28-23)30-26(34)35-15-22-20-8-3-1-6-18(20)19-7-2-4-9-21(19)22/h1-4,6-11,14,22H,5,12-13,15-16H2,(H,29,31)(H,30,34)(H,32,33). The summed E-state index contributed by atoms with van der Waals surface area (Å²) in [4.78, 5) is 40.3. The zero-order chi connectivity index (χ0) is 24.4. The third-order valence-electron chi connectivity index (χ3n) is 6.94. The highest BCUT2D eigenvalue weighted by Crippen LogP contribution is 2.44. The van der Waals surface area contributed by atoms with Crippen molar-refractivity contribution in [2.24, 2.45) is 5.41 Å². The maximum atomic E-state index is 12.4. The topological polar surface area (TPSA) is 118 Å². The second kappa shape index (κ2) is 9.21. The Morgan fingerprint density at radius 3 is 2.17 bits per heavy atom. The zero-order valence-electron chi connectivity index (χ0n) is 19.0. The van der Waals surface area contributed by atoms with Crippen molar-refractivity contribution in [2.75, 3.05) is 18.5 Å². The van der Waals surface area contributed by atoms with E-state index >= 15 is 0 Å². The fourth-order valence-corrected chi connectivity index (χ4v) is 4.76. The highest BCUT2D eigenvalue weighted by Gasteiger charge is 2.44. The van der Waals surface area contributed by atoms with E-state index in [1.165, 1.54) is 12.3 Å². The lowest BCUT2D eigenvalue weighted by Crippen LogP contribution is -2.47. The molecule has 35 heavy (non-hydrogen) atoms. The molecule has 0 unspecified atom stereocenters. The van der Waals surface area contributed by atoms with E-state index in [4.69, 9.17) is 4.74 Å². The largest absolute Gasteiger partial charge is 0.481 e. The van der Waals surface area contributed by atoms with Gasteiger partial charge in [-0.3, -0.25) is 14.9 Å². The average molecular weight is 472 g/mol. The molecule has 0 radical (unpaired) electrons. The minimum atomic E-state index is -0.889. The smallest absolute Gasteiger partial charge is 0.411 e. The van der Waals surface area contributed by atoms with Gasteiger partial charge in [-0.25, -0.2) is 9.78 Å². The minimum Gasteiger partial charge on any atom is -0.481 e. The van der Waals surface area contributed by atoms with Crippen LogP contribution in [0, 0.1) is 5.41 Å². The fourth-order valence-electron chi connectivity index (χ4n) is 4.76. The molecular weight excluding hydrogens is 446 g/mol. The predicted molar refractivity (Wildman–Crippen MR) is 129 cm³/mol. The summed E-state index contributed by atoms with van der Waals surface area (Å²) in [5, 5.41) is 14.7. The van der Waals surface area contributed by atoms with Gasteiger partial charge < -0.3 is 15.2 Å². The van der Waals surface area contributed by atoms with Crippen LogP contribution in [0.4, 0.5) is 10.5 Å². The number of rotatable bonds is 7. The van der Waals surface area contributed by atoms with Gasteiger partial charge in [-0.05, 0) is 47.2 Å². The Bertz CT molecular complexity index is 1240. The molecule has 0 bridgehead atoms. The van der Waals surface area contributed by atoms with Gasteiger partial charge >= 0.3 is 12.1 Å². The first kappa shape index (κ1) is 22.6. The van der Waals surface area contributed by atoms with Gasteiger partial charge in [0.15, 0.2) is 0 Å². The van der Waals surface area contributed by atoms with Crippen molar-refractivity contribution < 1.29 is 24.2 Å². The average Bonchev–Trinajstić information content (AvgIpc) is 3.16. The van der Waals surface area contributed by atoms with Crippen LogP contribution in [0.2, 0.25) is 0 Å². The molecule has 1 heterocycles. The summed E-state index contributed by atoms with van der Waals surface area (Å²) >= 11 is 0. The second-order valence-electron chi connectivity index (χ2n) is 9.00. The van der Waals surface area contributed by atoms with Crippen LogP contribution in [-0.2, 0) is 9.53 Å². The third-order valence-corrected chi connectivity index (χ3v) is 6.94. The fraction of sp³-hybridized carbons (Fsp3) is 0.259. The molecule has 1 fully saturated rings. The third kappa shape index (κ3) is 4.35. The first-order valence-corrected chi connectivity index (χ1v) is 11.6. The Morgan fingerprint density at radius 2 is 1.63 bits per heavy atom. The summed E-state index contributed by atoms with van der Waals surface area (Å²) in [5.41, 5.74) is 4.22. The van der Waals surface area contributed by atoms with Crippen LogP contribution in [0.15, 0.2) is 66.9 Å². The molecule has 2 amide bonds. The normalized spacial score (nSPS) is 15.3. The second-order valence-corrected chi connectivity index (χ2v) is 9.00. The zero-order valence-corrected chi connectivity index (χ0v) is 19.0. The summed E-state index contributed by atoms with van der Waals surface area (Å²) in [6.07, 6.45) is 2.71. The number of nitrogens with zero attached hydrogens (tertiary/aromatic N) is 1. The number of hydrogen-bond acceptors (Lipinski definition) is 5. The molecule has 1 saturated carbocycles. The first-order valence-electron chi connectivity index (χ1n) is 11.6. The van der Waals surface area contributed by atoms with Crippen molar-refractivity contribution in [1.29, 1.82) is 0 Å². The van der Waals surface area contributed by atoms with Crippen LogP contribution < -0.4 is 10.6 Å². The molecule has 2 aliphatic rings. The van der Waals surface area contributed by atoms with Crippen LogP contribution in [0.25, 0.3) is 11.1 Å². The van der Waals surface area contributed by atoms with E-state index < -0.39 is 23.4 Å². The number of carboxylic acid groups (broad SMARTS) is 1. The summed E-state index contributed by atoms with van der Waals surface area (Å²) in [5.74, 6) is -1.38. The molecule has 0 aliphatic heterocycles. The highest BCUT2D eigenvalue weighted by molar-refractivity contribution is 5.93. The predicted octanol–water partition coefficient (Wildman–Crippen LogP) is 4.43. The quantitative estimate of drug-likeness (QED) is 0.469. The van der Waals surface area contributed by atoms with Crippen LogP contribution in [0.5, 0.6) is 0 Å². The number of pyridine rings is 1. The molecule has 178 valence electrons. The number of carbonyl (C=O) groups is 3. The number of carbonyl (C=O) groups excluding carboxylic acids is 2. The Labute approximate surface area is 202 Å².